The molecule has 0 amide bonds. The van der Waals surface area contributed by atoms with Gasteiger partial charge < -0.3 is 9.52 Å². The highest BCUT2D eigenvalue weighted by atomic mass is 16.4. The van der Waals surface area contributed by atoms with Gasteiger partial charge in [-0.15, -0.1) is 0 Å². The zero-order valence-corrected chi connectivity index (χ0v) is 7.28. The SMILES string of the molecule is CN1CCc2nc(C(=O)O)oc2C1. The van der Waals surface area contributed by atoms with Crippen LogP contribution in [0.4, 0.5) is 0 Å². The van der Waals surface area contributed by atoms with E-state index in [1.54, 1.807) is 0 Å². The monoisotopic (exact) mass is 182 g/mol. The first-order valence-electron chi connectivity index (χ1n) is 4.07. The molecule has 0 fully saturated rings. The summed E-state index contributed by atoms with van der Waals surface area (Å²) in [5.41, 5.74) is 0.788. The Morgan fingerprint density at radius 1 is 1.69 bits per heavy atom. The van der Waals surface area contributed by atoms with Crippen molar-refractivity contribution in [2.75, 3.05) is 13.6 Å². The lowest BCUT2D eigenvalue weighted by Crippen LogP contribution is -2.25. The van der Waals surface area contributed by atoms with Crippen molar-refractivity contribution in [3.05, 3.63) is 17.3 Å². The summed E-state index contributed by atoms with van der Waals surface area (Å²) in [6.07, 6.45) is 0.766. The van der Waals surface area contributed by atoms with Crippen molar-refractivity contribution in [1.29, 1.82) is 0 Å². The summed E-state index contributed by atoms with van der Waals surface area (Å²) >= 11 is 0. The van der Waals surface area contributed by atoms with Crippen LogP contribution in [0.3, 0.4) is 0 Å². The number of likely N-dealkylation sites (N-methyl/N-ethyl adjacent to an activating group) is 1. The average molecular weight is 182 g/mol. The van der Waals surface area contributed by atoms with Crippen molar-refractivity contribution in [3.8, 4) is 0 Å². The number of nitrogens with zero attached hydrogens (tertiary/aromatic N) is 2. The van der Waals surface area contributed by atoms with Gasteiger partial charge in [0.25, 0.3) is 0 Å². The lowest BCUT2D eigenvalue weighted by atomic mass is 10.2. The molecular weight excluding hydrogens is 172 g/mol. The predicted molar refractivity (Wildman–Crippen MR) is 43.5 cm³/mol. The van der Waals surface area contributed by atoms with Crippen molar-refractivity contribution in [2.24, 2.45) is 0 Å². The largest absolute Gasteiger partial charge is 0.474 e. The van der Waals surface area contributed by atoms with Gasteiger partial charge in [0.2, 0.25) is 0 Å². The van der Waals surface area contributed by atoms with E-state index in [0.717, 1.165) is 18.7 Å². The van der Waals surface area contributed by atoms with Crippen LogP contribution in [0.25, 0.3) is 0 Å². The average Bonchev–Trinajstić information content (AvgIpc) is 2.46. The second kappa shape index (κ2) is 2.85. The fraction of sp³-hybridized carbons (Fsp3) is 0.500. The summed E-state index contributed by atoms with van der Waals surface area (Å²) in [6.45, 7) is 1.55. The molecular formula is C8H10N2O3. The van der Waals surface area contributed by atoms with E-state index in [1.807, 2.05) is 7.05 Å². The smallest absolute Gasteiger partial charge is 0.392 e. The summed E-state index contributed by atoms with van der Waals surface area (Å²) in [6, 6.07) is 0. The summed E-state index contributed by atoms with van der Waals surface area (Å²) < 4.78 is 5.09. The first-order chi connectivity index (χ1) is 6.16. The molecule has 70 valence electrons. The van der Waals surface area contributed by atoms with Crippen LogP contribution in [-0.4, -0.2) is 34.6 Å². The van der Waals surface area contributed by atoms with Gasteiger partial charge in [0.05, 0.1) is 12.2 Å². The molecule has 0 radical (unpaired) electrons. The van der Waals surface area contributed by atoms with Crippen molar-refractivity contribution in [2.45, 2.75) is 13.0 Å². The first kappa shape index (κ1) is 8.25. The van der Waals surface area contributed by atoms with Gasteiger partial charge in [-0.2, -0.15) is 0 Å². The van der Waals surface area contributed by atoms with Crippen LogP contribution in [0, 0.1) is 0 Å². The van der Waals surface area contributed by atoms with E-state index in [2.05, 4.69) is 9.88 Å². The third-order valence-electron chi connectivity index (χ3n) is 2.11. The number of hydrogen-bond donors (Lipinski definition) is 1. The predicted octanol–water partition coefficient (Wildman–Crippen LogP) is 0.361. The van der Waals surface area contributed by atoms with Crippen molar-refractivity contribution in [3.63, 3.8) is 0 Å². The molecule has 0 saturated carbocycles. The minimum Gasteiger partial charge on any atom is -0.474 e. The van der Waals surface area contributed by atoms with Gasteiger partial charge in [0.15, 0.2) is 0 Å². The number of oxazole rings is 1. The quantitative estimate of drug-likeness (QED) is 0.679. The Labute approximate surface area is 75.0 Å². The van der Waals surface area contributed by atoms with Crippen molar-refractivity contribution in [1.82, 2.24) is 9.88 Å². The molecule has 0 aromatic carbocycles. The Morgan fingerprint density at radius 3 is 3.15 bits per heavy atom. The molecule has 1 aliphatic heterocycles. The molecule has 0 atom stereocenters. The van der Waals surface area contributed by atoms with Gasteiger partial charge in [-0.3, -0.25) is 4.90 Å². The van der Waals surface area contributed by atoms with E-state index in [9.17, 15) is 4.79 Å². The number of carbonyl (C=O) groups is 1. The van der Waals surface area contributed by atoms with Gasteiger partial charge >= 0.3 is 11.9 Å². The van der Waals surface area contributed by atoms with E-state index in [4.69, 9.17) is 9.52 Å². The van der Waals surface area contributed by atoms with Crippen LogP contribution < -0.4 is 0 Å². The highest BCUT2D eigenvalue weighted by Crippen LogP contribution is 2.18. The van der Waals surface area contributed by atoms with Crippen molar-refractivity contribution >= 4 is 5.97 Å². The molecule has 0 spiro atoms. The molecule has 2 heterocycles. The van der Waals surface area contributed by atoms with E-state index in [0.29, 0.717) is 12.3 Å². The minimum atomic E-state index is -1.10. The summed E-state index contributed by atoms with van der Waals surface area (Å²) in [4.78, 5) is 16.5. The molecule has 0 saturated heterocycles. The van der Waals surface area contributed by atoms with Crippen LogP contribution in [0.2, 0.25) is 0 Å². The van der Waals surface area contributed by atoms with Gasteiger partial charge in [0.1, 0.15) is 5.76 Å². The van der Waals surface area contributed by atoms with Crippen LogP contribution >= 0.6 is 0 Å². The lowest BCUT2D eigenvalue weighted by Gasteiger charge is -2.19. The Hall–Kier alpha value is -1.36. The summed E-state index contributed by atoms with van der Waals surface area (Å²) in [5.74, 6) is -0.608. The fourth-order valence-corrected chi connectivity index (χ4v) is 1.41. The Morgan fingerprint density at radius 2 is 2.46 bits per heavy atom. The molecule has 0 aliphatic carbocycles. The molecule has 5 heteroatoms. The number of fused-ring (bicyclic) bond motifs is 1. The van der Waals surface area contributed by atoms with Crippen LogP contribution in [0.1, 0.15) is 22.1 Å². The van der Waals surface area contributed by atoms with Gasteiger partial charge in [-0.1, -0.05) is 0 Å². The molecule has 1 aromatic heterocycles. The zero-order valence-electron chi connectivity index (χ0n) is 7.28. The Bertz CT molecular complexity index is 345. The maximum Gasteiger partial charge on any atom is 0.392 e. The number of carboxylic acids is 1. The third kappa shape index (κ3) is 1.42. The van der Waals surface area contributed by atoms with Crippen LogP contribution in [0.5, 0.6) is 0 Å². The topological polar surface area (TPSA) is 66.6 Å². The lowest BCUT2D eigenvalue weighted by molar-refractivity contribution is 0.0650. The van der Waals surface area contributed by atoms with Gasteiger partial charge in [-0.25, -0.2) is 9.78 Å². The van der Waals surface area contributed by atoms with E-state index >= 15 is 0 Å². The molecule has 0 bridgehead atoms. The second-order valence-corrected chi connectivity index (χ2v) is 3.18. The highest BCUT2D eigenvalue weighted by molar-refractivity contribution is 5.82. The molecule has 0 unspecified atom stereocenters. The number of rotatable bonds is 1. The van der Waals surface area contributed by atoms with E-state index in [1.165, 1.54) is 0 Å². The van der Waals surface area contributed by atoms with E-state index in [-0.39, 0.29) is 5.89 Å². The van der Waals surface area contributed by atoms with Crippen LogP contribution in [-0.2, 0) is 13.0 Å². The molecule has 5 nitrogen and oxygen atoms in total. The molecule has 2 rings (SSSR count). The number of carboxylic acid groups (broad SMARTS) is 1. The Kier molecular flexibility index (Phi) is 1.81. The van der Waals surface area contributed by atoms with Gasteiger partial charge in [-0.05, 0) is 7.05 Å². The minimum absolute atomic E-state index is 0.194. The second-order valence-electron chi connectivity index (χ2n) is 3.18. The summed E-state index contributed by atoms with van der Waals surface area (Å²) in [5, 5.41) is 8.63. The molecule has 13 heavy (non-hydrogen) atoms. The van der Waals surface area contributed by atoms with Crippen LogP contribution in [0.15, 0.2) is 4.42 Å². The highest BCUT2D eigenvalue weighted by Gasteiger charge is 2.22. The Balaban J connectivity index is 2.33. The maximum absolute atomic E-state index is 10.5. The van der Waals surface area contributed by atoms with Crippen molar-refractivity contribution < 1.29 is 14.3 Å². The number of hydrogen-bond acceptors (Lipinski definition) is 4. The first-order valence-corrected chi connectivity index (χ1v) is 4.07. The molecule has 1 aromatic rings. The zero-order chi connectivity index (χ0) is 9.42. The fourth-order valence-electron chi connectivity index (χ4n) is 1.41. The van der Waals surface area contributed by atoms with Gasteiger partial charge in [0, 0.05) is 13.0 Å². The summed E-state index contributed by atoms with van der Waals surface area (Å²) in [7, 11) is 1.96. The number of aromatic nitrogens is 1. The molecule has 1 aliphatic rings. The molecule has 1 N–H and O–H groups in total. The number of aromatic carboxylic acids is 1. The maximum atomic E-state index is 10.5. The van der Waals surface area contributed by atoms with E-state index < -0.39 is 5.97 Å². The normalized spacial score (nSPS) is 17.0. The standard InChI is InChI=1S/C8H10N2O3/c1-10-3-2-5-6(4-10)13-7(9-5)8(11)12/h2-4H2,1H3,(H,11,12). The third-order valence-corrected chi connectivity index (χ3v) is 2.11.